The normalized spacial score (nSPS) is 31.2. The number of rotatable bonds is 0. The van der Waals surface area contributed by atoms with E-state index in [2.05, 4.69) is 6.07 Å². The summed E-state index contributed by atoms with van der Waals surface area (Å²) in [6.07, 6.45) is 1.36. The van der Waals surface area contributed by atoms with E-state index in [-0.39, 0.29) is 17.5 Å². The number of aryl methyl sites for hydroxylation is 1. The van der Waals surface area contributed by atoms with Gasteiger partial charge in [0.2, 0.25) is 0 Å². The summed E-state index contributed by atoms with van der Waals surface area (Å²) in [6, 6.07) is 9.53. The second-order valence-corrected chi connectivity index (χ2v) is 6.62. The summed E-state index contributed by atoms with van der Waals surface area (Å²) in [4.78, 5) is 12.3. The maximum absolute atomic E-state index is 12.3. The zero-order valence-electron chi connectivity index (χ0n) is 12.0. The summed E-state index contributed by atoms with van der Waals surface area (Å²) in [5.74, 6) is 0.389. The van der Waals surface area contributed by atoms with Crippen molar-refractivity contribution in [3.05, 3.63) is 41.5 Å². The van der Waals surface area contributed by atoms with Gasteiger partial charge in [-0.05, 0) is 59.2 Å². The Morgan fingerprint density at radius 2 is 2.05 bits per heavy atom. The van der Waals surface area contributed by atoms with E-state index >= 15 is 0 Å². The molecule has 2 aromatic rings. The first-order valence-corrected chi connectivity index (χ1v) is 7.47. The molecule has 2 N–H and O–H groups in total. The number of fused-ring (bicyclic) bond motifs is 5. The molecule has 0 unspecified atom stereocenters. The van der Waals surface area contributed by atoms with Crippen LogP contribution in [0.15, 0.2) is 30.3 Å². The van der Waals surface area contributed by atoms with Crippen LogP contribution < -0.4 is 0 Å². The monoisotopic (exact) mass is 282 g/mol. The number of phenolic OH excluding ortho intramolecular Hbond substituents is 1. The minimum absolute atomic E-state index is 0.00366. The molecule has 1 saturated carbocycles. The number of aromatic hydroxyl groups is 1. The van der Waals surface area contributed by atoms with Crippen LogP contribution in [0.2, 0.25) is 0 Å². The van der Waals surface area contributed by atoms with E-state index in [1.165, 1.54) is 11.1 Å². The van der Waals surface area contributed by atoms with E-state index < -0.39 is 11.5 Å². The fourth-order valence-corrected chi connectivity index (χ4v) is 4.30. The first kappa shape index (κ1) is 12.8. The van der Waals surface area contributed by atoms with E-state index in [9.17, 15) is 15.0 Å². The van der Waals surface area contributed by atoms with Crippen LogP contribution in [0, 0.1) is 5.41 Å². The van der Waals surface area contributed by atoms with Crippen molar-refractivity contribution in [1.29, 1.82) is 0 Å². The fourth-order valence-electron chi connectivity index (χ4n) is 4.30. The quantitative estimate of drug-likeness (QED) is 0.781. The van der Waals surface area contributed by atoms with Gasteiger partial charge in [-0.15, -0.1) is 0 Å². The molecule has 3 heteroatoms. The zero-order chi connectivity index (χ0) is 14.8. The number of phenols is 1. The van der Waals surface area contributed by atoms with Crippen LogP contribution in [0.4, 0.5) is 0 Å². The van der Waals surface area contributed by atoms with Gasteiger partial charge in [0.1, 0.15) is 11.9 Å². The van der Waals surface area contributed by atoms with Gasteiger partial charge in [0, 0.05) is 5.41 Å². The number of aliphatic hydroxyl groups excluding tert-OH is 1. The lowest BCUT2D eigenvalue weighted by molar-refractivity contribution is -0.132. The fraction of sp³-hybridized carbons (Fsp3) is 0.389. The van der Waals surface area contributed by atoms with Gasteiger partial charge in [-0.2, -0.15) is 0 Å². The highest BCUT2D eigenvalue weighted by atomic mass is 16.3. The third-order valence-corrected chi connectivity index (χ3v) is 5.51. The second-order valence-electron chi connectivity index (χ2n) is 6.62. The molecule has 1 fully saturated rings. The van der Waals surface area contributed by atoms with Crippen molar-refractivity contribution in [1.82, 2.24) is 0 Å². The van der Waals surface area contributed by atoms with Crippen molar-refractivity contribution in [2.45, 2.75) is 38.2 Å². The molecular formula is C18H18O3. The Labute approximate surface area is 123 Å². The predicted octanol–water partition coefficient (Wildman–Crippen LogP) is 2.92. The van der Waals surface area contributed by atoms with Gasteiger partial charge in [-0.3, -0.25) is 4.79 Å². The number of hydrogen-bond acceptors (Lipinski definition) is 3. The molecule has 0 spiro atoms. The smallest absolute Gasteiger partial charge is 0.167 e. The summed E-state index contributed by atoms with van der Waals surface area (Å²) in [5.41, 5.74) is 2.06. The van der Waals surface area contributed by atoms with Crippen LogP contribution in [-0.2, 0) is 11.2 Å². The van der Waals surface area contributed by atoms with Crippen molar-refractivity contribution in [3.8, 4) is 5.75 Å². The van der Waals surface area contributed by atoms with Gasteiger partial charge < -0.3 is 10.2 Å². The average Bonchev–Trinajstić information content (AvgIpc) is 2.70. The summed E-state index contributed by atoms with van der Waals surface area (Å²) < 4.78 is 0. The van der Waals surface area contributed by atoms with Gasteiger partial charge in [-0.25, -0.2) is 0 Å². The number of hydrogen-bond donors (Lipinski definition) is 2. The Morgan fingerprint density at radius 3 is 2.86 bits per heavy atom. The molecule has 0 amide bonds. The van der Waals surface area contributed by atoms with Crippen LogP contribution in [0.5, 0.6) is 5.75 Å². The molecule has 0 bridgehead atoms. The van der Waals surface area contributed by atoms with Crippen LogP contribution >= 0.6 is 0 Å². The van der Waals surface area contributed by atoms with E-state index in [0.717, 1.165) is 23.6 Å². The SMILES string of the molecule is C[C@]12CCc3c(ccc4cc(O)ccc34)[C@@H]1C[C@@H](O)C2=O. The molecule has 2 aliphatic rings. The van der Waals surface area contributed by atoms with E-state index in [4.69, 9.17) is 0 Å². The van der Waals surface area contributed by atoms with Gasteiger partial charge >= 0.3 is 0 Å². The molecule has 2 aliphatic carbocycles. The molecule has 0 saturated heterocycles. The summed E-state index contributed by atoms with van der Waals surface area (Å²) >= 11 is 0. The van der Waals surface area contributed by atoms with Crippen molar-refractivity contribution in [2.24, 2.45) is 5.41 Å². The molecule has 0 heterocycles. The second kappa shape index (κ2) is 4.08. The molecule has 0 aromatic heterocycles. The molecule has 21 heavy (non-hydrogen) atoms. The lowest BCUT2D eigenvalue weighted by Crippen LogP contribution is -2.34. The topological polar surface area (TPSA) is 57.5 Å². The maximum atomic E-state index is 12.3. The Kier molecular flexibility index (Phi) is 2.49. The average molecular weight is 282 g/mol. The first-order valence-electron chi connectivity index (χ1n) is 7.47. The minimum Gasteiger partial charge on any atom is -0.508 e. The third-order valence-electron chi connectivity index (χ3n) is 5.51. The number of carbonyl (C=O) groups excluding carboxylic acids is 1. The standard InChI is InChI=1S/C18H18O3/c1-18-7-6-13-12-5-3-11(19)8-10(12)2-4-14(13)15(18)9-16(20)17(18)21/h2-5,8,15-16,19-20H,6-7,9H2,1H3/t15-,16+,18-/m0/s1. The Bertz CT molecular complexity index is 764. The van der Waals surface area contributed by atoms with Gasteiger partial charge in [0.15, 0.2) is 5.78 Å². The summed E-state index contributed by atoms with van der Waals surface area (Å²) in [7, 11) is 0. The molecule has 0 aliphatic heterocycles. The molecule has 3 nitrogen and oxygen atoms in total. The Morgan fingerprint density at radius 1 is 1.24 bits per heavy atom. The molecule has 3 atom stereocenters. The van der Waals surface area contributed by atoms with Gasteiger partial charge in [0.25, 0.3) is 0 Å². The van der Waals surface area contributed by atoms with Gasteiger partial charge in [-0.1, -0.05) is 25.1 Å². The number of carbonyl (C=O) groups is 1. The minimum atomic E-state index is -0.818. The van der Waals surface area contributed by atoms with E-state index in [0.29, 0.717) is 6.42 Å². The lowest BCUT2D eigenvalue weighted by atomic mass is 9.66. The highest BCUT2D eigenvalue weighted by Gasteiger charge is 2.53. The van der Waals surface area contributed by atoms with Crippen LogP contribution in [0.3, 0.4) is 0 Å². The molecule has 4 rings (SSSR count). The van der Waals surface area contributed by atoms with E-state index in [1.807, 2.05) is 19.1 Å². The number of Topliss-reactive ketones (excluding diaryl/α,β-unsaturated/α-hetero) is 1. The number of aliphatic hydroxyl groups is 1. The Balaban J connectivity index is 1.93. The first-order chi connectivity index (χ1) is 10.0. The Hall–Kier alpha value is -1.87. The van der Waals surface area contributed by atoms with Crippen molar-refractivity contribution in [3.63, 3.8) is 0 Å². The zero-order valence-corrected chi connectivity index (χ0v) is 12.0. The largest absolute Gasteiger partial charge is 0.508 e. The summed E-state index contributed by atoms with van der Waals surface area (Å²) in [5, 5.41) is 21.8. The molecular weight excluding hydrogens is 264 g/mol. The van der Waals surface area contributed by atoms with Crippen molar-refractivity contribution in [2.75, 3.05) is 0 Å². The maximum Gasteiger partial charge on any atom is 0.167 e. The highest BCUT2D eigenvalue weighted by molar-refractivity contribution is 5.94. The third kappa shape index (κ3) is 1.61. The van der Waals surface area contributed by atoms with Crippen LogP contribution in [0.25, 0.3) is 10.8 Å². The lowest BCUT2D eigenvalue weighted by Gasteiger charge is -2.36. The molecule has 2 aromatic carbocycles. The molecule has 108 valence electrons. The van der Waals surface area contributed by atoms with Gasteiger partial charge in [0.05, 0.1) is 0 Å². The van der Waals surface area contributed by atoms with Crippen LogP contribution in [0.1, 0.15) is 36.8 Å². The van der Waals surface area contributed by atoms with E-state index in [1.54, 1.807) is 12.1 Å². The number of benzene rings is 2. The summed E-state index contributed by atoms with van der Waals surface area (Å²) in [6.45, 7) is 2.00. The number of ketones is 1. The van der Waals surface area contributed by atoms with Crippen molar-refractivity contribution < 1.29 is 15.0 Å². The van der Waals surface area contributed by atoms with Crippen molar-refractivity contribution >= 4 is 16.6 Å². The highest BCUT2D eigenvalue weighted by Crippen LogP contribution is 2.54. The predicted molar refractivity (Wildman–Crippen MR) is 80.4 cm³/mol. The molecule has 0 radical (unpaired) electrons. The van der Waals surface area contributed by atoms with Crippen LogP contribution in [-0.4, -0.2) is 22.1 Å².